The number of carbonyl (C=O) groups excluding carboxylic acids is 2. The SMILES string of the molecule is NOB(O)c1c(C(=O)OCc2ccccc2)cccc1C(=O)OCc1ccccc1. The van der Waals surface area contributed by atoms with Gasteiger partial charge >= 0.3 is 19.1 Å². The van der Waals surface area contributed by atoms with E-state index in [0.29, 0.717) is 0 Å². The number of esters is 2. The molecule has 8 heteroatoms. The number of ether oxygens (including phenoxy) is 2. The zero-order valence-corrected chi connectivity index (χ0v) is 16.1. The Morgan fingerprint density at radius 1 is 0.733 bits per heavy atom. The van der Waals surface area contributed by atoms with Crippen molar-refractivity contribution in [1.29, 1.82) is 0 Å². The molecule has 0 bridgehead atoms. The molecule has 3 N–H and O–H groups in total. The first-order chi connectivity index (χ1) is 14.6. The van der Waals surface area contributed by atoms with Gasteiger partial charge in [0, 0.05) is 5.46 Å². The van der Waals surface area contributed by atoms with Crippen molar-refractivity contribution in [3.63, 3.8) is 0 Å². The molecule has 0 radical (unpaired) electrons. The number of benzene rings is 3. The summed E-state index contributed by atoms with van der Waals surface area (Å²) >= 11 is 0. The quantitative estimate of drug-likeness (QED) is 0.335. The molecule has 0 aromatic heterocycles. The second-order valence-corrected chi connectivity index (χ2v) is 6.38. The second kappa shape index (κ2) is 10.4. The Hall–Kier alpha value is -3.46. The van der Waals surface area contributed by atoms with Gasteiger partial charge in [0.05, 0.1) is 11.1 Å². The van der Waals surface area contributed by atoms with Crippen molar-refractivity contribution in [3.05, 3.63) is 101 Å². The predicted molar refractivity (Wildman–Crippen MR) is 110 cm³/mol. The summed E-state index contributed by atoms with van der Waals surface area (Å²) < 4.78 is 15.1. The van der Waals surface area contributed by atoms with Crippen molar-refractivity contribution in [2.75, 3.05) is 0 Å². The van der Waals surface area contributed by atoms with Crippen LogP contribution in [0.2, 0.25) is 0 Å². The maximum absolute atomic E-state index is 12.6. The number of nitrogens with two attached hydrogens (primary N) is 1. The lowest BCUT2D eigenvalue weighted by atomic mass is 9.73. The van der Waals surface area contributed by atoms with Crippen LogP contribution < -0.4 is 11.4 Å². The monoisotopic (exact) mass is 405 g/mol. The molecule has 30 heavy (non-hydrogen) atoms. The van der Waals surface area contributed by atoms with Gasteiger partial charge in [-0.25, -0.2) is 15.5 Å². The molecule has 0 unspecified atom stereocenters. The van der Waals surface area contributed by atoms with Crippen molar-refractivity contribution >= 4 is 24.5 Å². The average Bonchev–Trinajstić information content (AvgIpc) is 2.81. The fraction of sp³-hybridized carbons (Fsp3) is 0.0909. The molecule has 0 spiro atoms. The first kappa shape index (κ1) is 21.3. The number of hydrogen-bond acceptors (Lipinski definition) is 7. The summed E-state index contributed by atoms with van der Waals surface area (Å²) in [5, 5.41) is 10.2. The molecule has 0 amide bonds. The number of rotatable bonds is 8. The first-order valence-electron chi connectivity index (χ1n) is 9.18. The largest absolute Gasteiger partial charge is 0.509 e. The standard InChI is InChI=1S/C22H20BNO6/c24-30-23(27)20-18(21(25)28-14-16-8-3-1-4-9-16)12-7-13-19(20)22(26)29-15-17-10-5-2-6-11-17/h1-13,27H,14-15,24H2. The van der Waals surface area contributed by atoms with Crippen LogP contribution in [0.25, 0.3) is 0 Å². The fourth-order valence-electron chi connectivity index (χ4n) is 2.86. The molecule has 0 saturated heterocycles. The summed E-state index contributed by atoms with van der Waals surface area (Å²) in [5.74, 6) is 3.65. The van der Waals surface area contributed by atoms with Crippen LogP contribution in [0, 0.1) is 0 Å². The topological polar surface area (TPSA) is 108 Å². The van der Waals surface area contributed by atoms with Gasteiger partial charge in [0.25, 0.3) is 0 Å². The number of hydrogen-bond donors (Lipinski definition) is 2. The van der Waals surface area contributed by atoms with Crippen molar-refractivity contribution in [3.8, 4) is 0 Å². The van der Waals surface area contributed by atoms with E-state index in [1.807, 2.05) is 60.7 Å². The van der Waals surface area contributed by atoms with Gasteiger partial charge in [0.1, 0.15) is 13.2 Å². The molecular weight excluding hydrogens is 385 g/mol. The van der Waals surface area contributed by atoms with Gasteiger partial charge in [0.15, 0.2) is 0 Å². The third kappa shape index (κ3) is 5.33. The van der Waals surface area contributed by atoms with Crippen LogP contribution >= 0.6 is 0 Å². The van der Waals surface area contributed by atoms with Crippen molar-refractivity contribution in [1.82, 2.24) is 0 Å². The summed E-state index contributed by atoms with van der Waals surface area (Å²) in [7, 11) is -1.72. The van der Waals surface area contributed by atoms with Crippen molar-refractivity contribution in [2.24, 2.45) is 5.90 Å². The summed E-state index contributed by atoms with van der Waals surface area (Å²) in [4.78, 5) is 25.3. The lowest BCUT2D eigenvalue weighted by Crippen LogP contribution is -2.43. The Morgan fingerprint density at radius 3 is 1.57 bits per heavy atom. The minimum absolute atomic E-state index is 0.0291. The zero-order valence-electron chi connectivity index (χ0n) is 16.1. The van der Waals surface area contributed by atoms with Crippen LogP contribution in [0.15, 0.2) is 78.9 Å². The highest BCUT2D eigenvalue weighted by Crippen LogP contribution is 2.11. The van der Waals surface area contributed by atoms with Gasteiger partial charge in [-0.2, -0.15) is 0 Å². The molecule has 3 rings (SSSR count). The molecule has 3 aromatic carbocycles. The smallest absolute Gasteiger partial charge is 0.457 e. The molecule has 0 aliphatic rings. The van der Waals surface area contributed by atoms with Gasteiger partial charge in [-0.05, 0) is 23.3 Å². The summed E-state index contributed by atoms with van der Waals surface area (Å²) in [6.45, 7) is 0.0583. The fourth-order valence-corrected chi connectivity index (χ4v) is 2.86. The van der Waals surface area contributed by atoms with Crippen LogP contribution in [-0.2, 0) is 27.4 Å². The zero-order chi connectivity index (χ0) is 21.3. The van der Waals surface area contributed by atoms with Gasteiger partial charge in [0.2, 0.25) is 0 Å². The Bertz CT molecular complexity index is 923. The van der Waals surface area contributed by atoms with E-state index in [4.69, 9.17) is 15.4 Å². The highest BCUT2D eigenvalue weighted by atomic mass is 16.6. The molecular formula is C22H20BNO6. The average molecular weight is 405 g/mol. The minimum atomic E-state index is -1.72. The van der Waals surface area contributed by atoms with E-state index in [0.717, 1.165) is 11.1 Å². The minimum Gasteiger partial charge on any atom is -0.457 e. The van der Waals surface area contributed by atoms with E-state index >= 15 is 0 Å². The van der Waals surface area contributed by atoms with Crippen molar-refractivity contribution < 1.29 is 28.8 Å². The van der Waals surface area contributed by atoms with Crippen LogP contribution in [0.5, 0.6) is 0 Å². The van der Waals surface area contributed by atoms with E-state index in [9.17, 15) is 14.6 Å². The normalized spacial score (nSPS) is 10.3. The van der Waals surface area contributed by atoms with Gasteiger partial charge in [-0.3, -0.25) is 0 Å². The van der Waals surface area contributed by atoms with Crippen molar-refractivity contribution in [2.45, 2.75) is 13.2 Å². The predicted octanol–water partition coefficient (Wildman–Crippen LogP) is 1.98. The molecule has 3 aromatic rings. The maximum Gasteiger partial charge on any atom is 0.509 e. The van der Waals surface area contributed by atoms with E-state index in [1.165, 1.54) is 18.2 Å². The molecule has 7 nitrogen and oxygen atoms in total. The summed E-state index contributed by atoms with van der Waals surface area (Å²) in [6, 6.07) is 22.6. The van der Waals surface area contributed by atoms with Crippen LogP contribution in [0.3, 0.4) is 0 Å². The van der Waals surface area contributed by atoms with E-state index in [-0.39, 0.29) is 29.8 Å². The van der Waals surface area contributed by atoms with E-state index in [2.05, 4.69) is 4.76 Å². The third-order valence-corrected chi connectivity index (χ3v) is 4.35. The Kier molecular flexibility index (Phi) is 7.34. The second-order valence-electron chi connectivity index (χ2n) is 6.38. The third-order valence-electron chi connectivity index (χ3n) is 4.35. The lowest BCUT2D eigenvalue weighted by molar-refractivity contribution is 0.0472. The molecule has 0 aliphatic carbocycles. The van der Waals surface area contributed by atoms with E-state index in [1.54, 1.807) is 0 Å². The summed E-state index contributed by atoms with van der Waals surface area (Å²) in [6.07, 6.45) is 0. The Morgan fingerprint density at radius 2 is 1.17 bits per heavy atom. The Balaban J connectivity index is 1.81. The van der Waals surface area contributed by atoms with Crippen LogP contribution in [0.4, 0.5) is 0 Å². The van der Waals surface area contributed by atoms with Gasteiger partial charge in [-0.15, -0.1) is 0 Å². The highest BCUT2D eigenvalue weighted by molar-refractivity contribution is 6.63. The highest BCUT2D eigenvalue weighted by Gasteiger charge is 2.30. The summed E-state index contributed by atoms with van der Waals surface area (Å²) in [5.41, 5.74) is 1.38. The lowest BCUT2D eigenvalue weighted by Gasteiger charge is -2.15. The van der Waals surface area contributed by atoms with Crippen LogP contribution in [0.1, 0.15) is 31.8 Å². The molecule has 0 heterocycles. The van der Waals surface area contributed by atoms with E-state index < -0.39 is 19.1 Å². The number of carbonyl (C=O) groups is 2. The molecule has 0 atom stereocenters. The molecule has 0 saturated carbocycles. The molecule has 0 aliphatic heterocycles. The first-order valence-corrected chi connectivity index (χ1v) is 9.18. The molecule has 152 valence electrons. The molecule has 0 fully saturated rings. The van der Waals surface area contributed by atoms with Gasteiger partial charge < -0.3 is 19.3 Å². The Labute approximate surface area is 174 Å². The maximum atomic E-state index is 12.6. The van der Waals surface area contributed by atoms with Gasteiger partial charge in [-0.1, -0.05) is 66.7 Å². The van der Waals surface area contributed by atoms with Crippen LogP contribution in [-0.4, -0.2) is 24.1 Å².